The van der Waals surface area contributed by atoms with Crippen molar-refractivity contribution in [3.8, 4) is 22.6 Å². The molecular weight excluding hydrogens is 254 g/mol. The van der Waals surface area contributed by atoms with Crippen LogP contribution in [0.5, 0.6) is 11.5 Å². The first-order valence-corrected chi connectivity index (χ1v) is 5.54. The van der Waals surface area contributed by atoms with E-state index in [4.69, 9.17) is 26.8 Å². The van der Waals surface area contributed by atoms with Gasteiger partial charge in [0.1, 0.15) is 17.3 Å². The molecule has 0 unspecified atom stereocenters. The third-order valence-electron chi connectivity index (χ3n) is 2.47. The van der Waals surface area contributed by atoms with E-state index in [1.807, 2.05) is 12.1 Å². The topological polar surface area (TPSA) is 70.3 Å². The average Bonchev–Trinajstić information content (AvgIpc) is 2.41. The van der Waals surface area contributed by atoms with Crippen molar-refractivity contribution in [2.45, 2.75) is 0 Å². The lowest BCUT2D eigenvalue weighted by molar-refractivity contribution is 0.395. The van der Waals surface area contributed by atoms with Crippen LogP contribution < -0.4 is 15.2 Å². The summed E-state index contributed by atoms with van der Waals surface area (Å²) in [6.45, 7) is 0. The fraction of sp³-hybridized carbons (Fsp3) is 0.167. The van der Waals surface area contributed by atoms with Crippen LogP contribution in [0.2, 0.25) is 5.15 Å². The van der Waals surface area contributed by atoms with Crippen molar-refractivity contribution in [1.29, 1.82) is 0 Å². The number of nitrogen functional groups attached to an aromatic ring is 1. The maximum absolute atomic E-state index is 6.02. The van der Waals surface area contributed by atoms with Crippen molar-refractivity contribution in [2.24, 2.45) is 0 Å². The van der Waals surface area contributed by atoms with Gasteiger partial charge < -0.3 is 15.2 Å². The smallest absolute Gasteiger partial charge is 0.159 e. The lowest BCUT2D eigenvalue weighted by Gasteiger charge is -2.11. The predicted molar refractivity (Wildman–Crippen MR) is 70.0 cm³/mol. The molecule has 2 N–H and O–H groups in total. The van der Waals surface area contributed by atoms with Crippen LogP contribution in [0.3, 0.4) is 0 Å². The van der Waals surface area contributed by atoms with Gasteiger partial charge >= 0.3 is 0 Å². The summed E-state index contributed by atoms with van der Waals surface area (Å²) in [4.78, 5) is 0. The summed E-state index contributed by atoms with van der Waals surface area (Å²) < 4.78 is 10.4. The quantitative estimate of drug-likeness (QED) is 0.923. The average molecular weight is 266 g/mol. The van der Waals surface area contributed by atoms with Crippen LogP contribution in [-0.2, 0) is 0 Å². The Morgan fingerprint density at radius 3 is 2.50 bits per heavy atom. The number of nitrogens with zero attached hydrogens (tertiary/aromatic N) is 2. The summed E-state index contributed by atoms with van der Waals surface area (Å²) in [6, 6.07) is 7.06. The Bertz CT molecular complexity index is 575. The number of methoxy groups -OCH3 is 2. The third kappa shape index (κ3) is 2.31. The highest BCUT2D eigenvalue weighted by Gasteiger charge is 2.12. The molecule has 5 nitrogen and oxygen atoms in total. The predicted octanol–water partition coefficient (Wildman–Crippen LogP) is 2.40. The normalized spacial score (nSPS) is 10.2. The van der Waals surface area contributed by atoms with Gasteiger partial charge in [-0.3, -0.25) is 0 Å². The molecule has 2 rings (SSSR count). The highest BCUT2D eigenvalue weighted by Crippen LogP contribution is 2.36. The first-order chi connectivity index (χ1) is 8.65. The molecule has 0 atom stereocenters. The molecule has 0 amide bonds. The van der Waals surface area contributed by atoms with Crippen LogP contribution in [0.25, 0.3) is 11.1 Å². The number of anilines is 1. The van der Waals surface area contributed by atoms with Crippen LogP contribution in [0, 0.1) is 0 Å². The van der Waals surface area contributed by atoms with E-state index in [2.05, 4.69) is 10.2 Å². The number of hydrogen-bond donors (Lipinski definition) is 1. The zero-order valence-corrected chi connectivity index (χ0v) is 10.7. The number of aromatic nitrogens is 2. The Hall–Kier alpha value is -2.01. The molecule has 0 aliphatic rings. The van der Waals surface area contributed by atoms with Crippen molar-refractivity contribution >= 4 is 17.4 Å². The Kier molecular flexibility index (Phi) is 3.53. The molecule has 1 aromatic heterocycles. The van der Waals surface area contributed by atoms with E-state index >= 15 is 0 Å². The minimum absolute atomic E-state index is 0.271. The standard InChI is InChI=1S/C12H12ClN3O2/c1-17-7-3-4-8(10(5-7)18-2)9-6-11(14)15-16-12(9)13/h3-6H,1-2H3,(H2,14,15). The summed E-state index contributed by atoms with van der Waals surface area (Å²) in [5, 5.41) is 7.73. The molecule has 0 aliphatic carbocycles. The van der Waals surface area contributed by atoms with Crippen molar-refractivity contribution in [3.05, 3.63) is 29.4 Å². The maximum Gasteiger partial charge on any atom is 0.159 e. The van der Waals surface area contributed by atoms with Gasteiger partial charge in [0.05, 0.1) is 14.2 Å². The van der Waals surface area contributed by atoms with E-state index in [0.29, 0.717) is 22.9 Å². The molecule has 0 bridgehead atoms. The molecule has 2 aromatic rings. The van der Waals surface area contributed by atoms with Gasteiger partial charge in [-0.15, -0.1) is 10.2 Å². The van der Waals surface area contributed by atoms with Gasteiger partial charge in [0, 0.05) is 17.2 Å². The fourth-order valence-electron chi connectivity index (χ4n) is 1.60. The maximum atomic E-state index is 6.02. The minimum Gasteiger partial charge on any atom is -0.497 e. The van der Waals surface area contributed by atoms with Crippen molar-refractivity contribution in [1.82, 2.24) is 10.2 Å². The monoisotopic (exact) mass is 265 g/mol. The summed E-state index contributed by atoms with van der Waals surface area (Å²) in [5.74, 6) is 1.62. The summed E-state index contributed by atoms with van der Waals surface area (Å²) in [6.07, 6.45) is 0. The number of halogens is 1. The number of hydrogen-bond acceptors (Lipinski definition) is 5. The highest BCUT2D eigenvalue weighted by molar-refractivity contribution is 6.32. The van der Waals surface area contributed by atoms with E-state index in [0.717, 1.165) is 5.56 Å². The minimum atomic E-state index is 0.271. The van der Waals surface area contributed by atoms with Crippen molar-refractivity contribution in [3.63, 3.8) is 0 Å². The second kappa shape index (κ2) is 5.10. The molecule has 0 fully saturated rings. The van der Waals surface area contributed by atoms with Gasteiger partial charge in [0.15, 0.2) is 5.15 Å². The SMILES string of the molecule is COc1ccc(-c2cc(N)nnc2Cl)c(OC)c1. The van der Waals surface area contributed by atoms with Crippen LogP contribution in [0.15, 0.2) is 24.3 Å². The molecule has 0 aliphatic heterocycles. The molecule has 0 saturated heterocycles. The molecule has 1 heterocycles. The molecule has 0 spiro atoms. The zero-order chi connectivity index (χ0) is 13.1. The van der Waals surface area contributed by atoms with Gasteiger partial charge in [-0.05, 0) is 18.2 Å². The van der Waals surface area contributed by atoms with E-state index in [1.54, 1.807) is 26.4 Å². The van der Waals surface area contributed by atoms with Crippen molar-refractivity contribution in [2.75, 3.05) is 20.0 Å². The first-order valence-electron chi connectivity index (χ1n) is 5.16. The molecule has 6 heteroatoms. The van der Waals surface area contributed by atoms with Gasteiger partial charge in [0.2, 0.25) is 0 Å². The molecule has 0 radical (unpaired) electrons. The second-order valence-electron chi connectivity index (χ2n) is 3.54. The highest BCUT2D eigenvalue weighted by atomic mass is 35.5. The van der Waals surface area contributed by atoms with Crippen LogP contribution in [0.1, 0.15) is 0 Å². The largest absolute Gasteiger partial charge is 0.497 e. The molecule has 0 saturated carbocycles. The molecule has 18 heavy (non-hydrogen) atoms. The Balaban J connectivity index is 2.59. The zero-order valence-electron chi connectivity index (χ0n) is 9.98. The summed E-state index contributed by atoms with van der Waals surface area (Å²) >= 11 is 6.02. The first kappa shape index (κ1) is 12.4. The van der Waals surface area contributed by atoms with Gasteiger partial charge in [-0.1, -0.05) is 11.6 Å². The van der Waals surface area contributed by atoms with Gasteiger partial charge in [0.25, 0.3) is 0 Å². The number of benzene rings is 1. The molecule has 1 aromatic carbocycles. The van der Waals surface area contributed by atoms with E-state index < -0.39 is 0 Å². The van der Waals surface area contributed by atoms with Crippen molar-refractivity contribution < 1.29 is 9.47 Å². The van der Waals surface area contributed by atoms with Crippen LogP contribution in [-0.4, -0.2) is 24.4 Å². The molecular formula is C12H12ClN3O2. The van der Waals surface area contributed by atoms with E-state index in [1.165, 1.54) is 0 Å². The number of nitrogens with two attached hydrogens (primary N) is 1. The second-order valence-corrected chi connectivity index (χ2v) is 3.90. The third-order valence-corrected chi connectivity index (χ3v) is 2.75. The Morgan fingerprint density at radius 1 is 1.06 bits per heavy atom. The lowest BCUT2D eigenvalue weighted by atomic mass is 10.1. The number of ether oxygens (including phenoxy) is 2. The van der Waals surface area contributed by atoms with Gasteiger partial charge in [-0.25, -0.2) is 0 Å². The van der Waals surface area contributed by atoms with Crippen LogP contribution >= 0.6 is 11.6 Å². The number of rotatable bonds is 3. The fourth-order valence-corrected chi connectivity index (χ4v) is 1.80. The van der Waals surface area contributed by atoms with Gasteiger partial charge in [-0.2, -0.15) is 0 Å². The Labute approximate surface area is 109 Å². The Morgan fingerprint density at radius 2 is 1.83 bits per heavy atom. The van der Waals surface area contributed by atoms with Crippen LogP contribution in [0.4, 0.5) is 5.82 Å². The van der Waals surface area contributed by atoms with E-state index in [9.17, 15) is 0 Å². The lowest BCUT2D eigenvalue weighted by Crippen LogP contribution is -1.96. The van der Waals surface area contributed by atoms with E-state index in [-0.39, 0.29) is 5.15 Å². The summed E-state index contributed by atoms with van der Waals surface area (Å²) in [5.41, 5.74) is 7.07. The summed E-state index contributed by atoms with van der Waals surface area (Å²) in [7, 11) is 3.16. The molecule has 94 valence electrons.